The van der Waals surface area contributed by atoms with Gasteiger partial charge in [0.1, 0.15) is 0 Å². The van der Waals surface area contributed by atoms with E-state index in [9.17, 15) is 0 Å². The normalized spacial score (nSPS) is 14.6. The number of nitrogens with one attached hydrogen (secondary N) is 1. The molecule has 2 aromatic rings. The largest absolute Gasteiger partial charge is 0.377 e. The summed E-state index contributed by atoms with van der Waals surface area (Å²) in [5.41, 5.74) is 4.31. The van der Waals surface area contributed by atoms with Crippen LogP contribution in [0.3, 0.4) is 0 Å². The highest BCUT2D eigenvalue weighted by atomic mass is 32.1. The first-order chi connectivity index (χ1) is 9.80. The summed E-state index contributed by atoms with van der Waals surface area (Å²) < 4.78 is 7.19. The average molecular weight is 292 g/mol. The summed E-state index contributed by atoms with van der Waals surface area (Å²) in [6.45, 7) is 4.95. The highest BCUT2D eigenvalue weighted by Crippen LogP contribution is 2.27. The van der Waals surface area contributed by atoms with Crippen LogP contribution in [0.15, 0.2) is 29.6 Å². The van der Waals surface area contributed by atoms with Gasteiger partial charge in [-0.05, 0) is 42.2 Å². The van der Waals surface area contributed by atoms with Crippen LogP contribution in [0.25, 0.3) is 10.1 Å². The number of thiophene rings is 1. The Balaban J connectivity index is 2.16. The van der Waals surface area contributed by atoms with E-state index in [1.807, 2.05) is 6.92 Å². The van der Waals surface area contributed by atoms with E-state index >= 15 is 0 Å². The van der Waals surface area contributed by atoms with Crippen LogP contribution in [0.1, 0.15) is 32.3 Å². The van der Waals surface area contributed by atoms with Crippen molar-refractivity contribution in [2.45, 2.75) is 45.3 Å². The predicted molar refractivity (Wildman–Crippen MR) is 87.0 cm³/mol. The van der Waals surface area contributed by atoms with E-state index in [4.69, 9.17) is 10.6 Å². The van der Waals surface area contributed by atoms with Crippen molar-refractivity contribution in [3.05, 3.63) is 35.2 Å². The van der Waals surface area contributed by atoms with E-state index in [0.29, 0.717) is 0 Å². The fourth-order valence-corrected chi connectivity index (χ4v) is 3.60. The molecule has 0 spiro atoms. The third kappa shape index (κ3) is 3.58. The summed E-state index contributed by atoms with van der Waals surface area (Å²) in [5, 5.41) is 3.58. The molecule has 4 heteroatoms. The minimum absolute atomic E-state index is 0.160. The van der Waals surface area contributed by atoms with Gasteiger partial charge in [-0.25, -0.2) is 0 Å². The van der Waals surface area contributed by atoms with Crippen molar-refractivity contribution in [1.29, 1.82) is 0 Å². The molecule has 0 saturated heterocycles. The Kier molecular flexibility index (Phi) is 5.98. The summed E-state index contributed by atoms with van der Waals surface area (Å²) >= 11 is 1.80. The minimum atomic E-state index is 0.160. The van der Waals surface area contributed by atoms with Crippen LogP contribution in [-0.2, 0) is 11.2 Å². The Morgan fingerprint density at radius 3 is 2.80 bits per heavy atom. The molecule has 110 valence electrons. The van der Waals surface area contributed by atoms with Gasteiger partial charge in [0.05, 0.1) is 12.1 Å². The summed E-state index contributed by atoms with van der Waals surface area (Å²) in [4.78, 5) is 0. The number of hydrogen-bond donors (Lipinski definition) is 2. The number of ether oxygens (including phenoxy) is 1. The molecule has 2 unspecified atom stereocenters. The summed E-state index contributed by atoms with van der Waals surface area (Å²) in [7, 11) is 0. The molecule has 0 fully saturated rings. The zero-order valence-electron chi connectivity index (χ0n) is 12.3. The van der Waals surface area contributed by atoms with Gasteiger partial charge in [0.25, 0.3) is 0 Å². The lowest BCUT2D eigenvalue weighted by Crippen LogP contribution is -2.46. The summed E-state index contributed by atoms with van der Waals surface area (Å²) in [6, 6.07) is 8.69. The second-order valence-electron chi connectivity index (χ2n) is 5.02. The van der Waals surface area contributed by atoms with Gasteiger partial charge in [-0.3, -0.25) is 11.3 Å². The van der Waals surface area contributed by atoms with Crippen LogP contribution in [0.4, 0.5) is 0 Å². The highest BCUT2D eigenvalue weighted by molar-refractivity contribution is 7.17. The Hall–Kier alpha value is -0.940. The van der Waals surface area contributed by atoms with Crippen LogP contribution in [0, 0.1) is 0 Å². The SMILES string of the molecule is CCCC(OCC)C(Cc1csc2ccccc12)NN. The lowest BCUT2D eigenvalue weighted by Gasteiger charge is -2.26. The van der Waals surface area contributed by atoms with Crippen LogP contribution < -0.4 is 11.3 Å². The molecule has 0 bridgehead atoms. The van der Waals surface area contributed by atoms with Gasteiger partial charge in [-0.2, -0.15) is 0 Å². The first kappa shape index (κ1) is 15.4. The number of hydrazine groups is 1. The second kappa shape index (κ2) is 7.74. The predicted octanol–water partition coefficient (Wildman–Crippen LogP) is 3.48. The van der Waals surface area contributed by atoms with Crippen LogP contribution in [0.2, 0.25) is 0 Å². The van der Waals surface area contributed by atoms with Crippen molar-refractivity contribution < 1.29 is 4.74 Å². The van der Waals surface area contributed by atoms with Crippen LogP contribution >= 0.6 is 11.3 Å². The summed E-state index contributed by atoms with van der Waals surface area (Å²) in [6.07, 6.45) is 3.22. The third-order valence-corrected chi connectivity index (χ3v) is 4.63. The van der Waals surface area contributed by atoms with Crippen molar-refractivity contribution in [2.75, 3.05) is 6.61 Å². The van der Waals surface area contributed by atoms with Crippen molar-refractivity contribution in [3.63, 3.8) is 0 Å². The molecule has 1 heterocycles. The van der Waals surface area contributed by atoms with Gasteiger partial charge < -0.3 is 4.74 Å². The van der Waals surface area contributed by atoms with Crippen molar-refractivity contribution >= 4 is 21.4 Å². The van der Waals surface area contributed by atoms with E-state index in [1.54, 1.807) is 11.3 Å². The fraction of sp³-hybridized carbons (Fsp3) is 0.500. The maximum atomic E-state index is 5.86. The number of benzene rings is 1. The molecule has 2 rings (SSSR count). The average Bonchev–Trinajstić information content (AvgIpc) is 2.88. The Morgan fingerprint density at radius 1 is 1.30 bits per heavy atom. The topological polar surface area (TPSA) is 47.3 Å². The lowest BCUT2D eigenvalue weighted by atomic mass is 9.98. The van der Waals surface area contributed by atoms with Gasteiger partial charge in [-0.1, -0.05) is 31.5 Å². The van der Waals surface area contributed by atoms with E-state index in [2.05, 4.69) is 42.0 Å². The molecular formula is C16H24N2OS. The minimum Gasteiger partial charge on any atom is -0.377 e. The molecule has 0 radical (unpaired) electrons. The molecule has 20 heavy (non-hydrogen) atoms. The monoisotopic (exact) mass is 292 g/mol. The number of hydrogen-bond acceptors (Lipinski definition) is 4. The Bertz CT molecular complexity index is 520. The quantitative estimate of drug-likeness (QED) is 0.578. The molecule has 3 N–H and O–H groups in total. The summed E-state index contributed by atoms with van der Waals surface area (Å²) in [5.74, 6) is 5.77. The van der Waals surface area contributed by atoms with Crippen molar-refractivity contribution in [3.8, 4) is 0 Å². The van der Waals surface area contributed by atoms with Gasteiger partial charge in [-0.15, -0.1) is 11.3 Å². The smallest absolute Gasteiger partial charge is 0.0744 e. The van der Waals surface area contributed by atoms with Gasteiger partial charge in [0, 0.05) is 11.3 Å². The van der Waals surface area contributed by atoms with E-state index in [0.717, 1.165) is 25.9 Å². The molecule has 0 aliphatic rings. The third-order valence-electron chi connectivity index (χ3n) is 3.62. The molecular weight excluding hydrogens is 268 g/mol. The molecule has 0 aliphatic heterocycles. The molecule has 0 saturated carbocycles. The van der Waals surface area contributed by atoms with Gasteiger partial charge >= 0.3 is 0 Å². The standard InChI is InChI=1S/C16H24N2OS/c1-3-7-15(19-4-2)14(18-17)10-12-11-20-16-9-6-5-8-13(12)16/h5-6,8-9,11,14-15,18H,3-4,7,10,17H2,1-2H3. The maximum Gasteiger partial charge on any atom is 0.0744 e. The molecule has 2 atom stereocenters. The van der Waals surface area contributed by atoms with E-state index in [1.165, 1.54) is 15.6 Å². The first-order valence-corrected chi connectivity index (χ1v) is 8.20. The van der Waals surface area contributed by atoms with E-state index < -0.39 is 0 Å². The first-order valence-electron chi connectivity index (χ1n) is 7.33. The molecule has 1 aromatic heterocycles. The number of rotatable bonds is 8. The zero-order chi connectivity index (χ0) is 14.4. The van der Waals surface area contributed by atoms with E-state index in [-0.39, 0.29) is 12.1 Å². The van der Waals surface area contributed by atoms with Crippen molar-refractivity contribution in [2.24, 2.45) is 5.84 Å². The molecule has 1 aromatic carbocycles. The lowest BCUT2D eigenvalue weighted by molar-refractivity contribution is 0.0282. The maximum absolute atomic E-state index is 5.86. The van der Waals surface area contributed by atoms with Gasteiger partial charge in [0.2, 0.25) is 0 Å². The highest BCUT2D eigenvalue weighted by Gasteiger charge is 2.21. The zero-order valence-corrected chi connectivity index (χ0v) is 13.1. The Labute approximate surface area is 125 Å². The number of nitrogens with two attached hydrogens (primary N) is 1. The van der Waals surface area contributed by atoms with Crippen molar-refractivity contribution in [1.82, 2.24) is 5.43 Å². The molecule has 3 nitrogen and oxygen atoms in total. The van der Waals surface area contributed by atoms with Crippen LogP contribution in [-0.4, -0.2) is 18.8 Å². The number of fused-ring (bicyclic) bond motifs is 1. The van der Waals surface area contributed by atoms with Gasteiger partial charge in [0.15, 0.2) is 0 Å². The molecule has 0 amide bonds. The second-order valence-corrected chi connectivity index (χ2v) is 5.93. The fourth-order valence-electron chi connectivity index (χ4n) is 2.62. The van der Waals surface area contributed by atoms with Crippen LogP contribution in [0.5, 0.6) is 0 Å². The molecule has 0 aliphatic carbocycles. The Morgan fingerprint density at radius 2 is 2.10 bits per heavy atom.